The number of hydrogen-bond donors (Lipinski definition) is 1. The minimum atomic E-state index is -0.461. The van der Waals surface area contributed by atoms with E-state index in [0.29, 0.717) is 24.7 Å². The molecule has 0 bridgehead atoms. The number of benzene rings is 1. The number of aromatic amines is 1. The Morgan fingerprint density at radius 3 is 3.00 bits per heavy atom. The molecule has 0 radical (unpaired) electrons. The molecule has 1 amide bonds. The molecule has 1 aromatic carbocycles. The normalized spacial score (nSPS) is 17.3. The van der Waals surface area contributed by atoms with Gasteiger partial charge in [0.1, 0.15) is 11.8 Å². The number of amides is 1. The van der Waals surface area contributed by atoms with Gasteiger partial charge in [0.15, 0.2) is 5.16 Å². The van der Waals surface area contributed by atoms with Gasteiger partial charge >= 0.3 is 5.97 Å². The van der Waals surface area contributed by atoms with Crippen molar-refractivity contribution in [3.05, 3.63) is 18.2 Å². The number of hydrogen-bond acceptors (Lipinski definition) is 6. The highest BCUT2D eigenvalue weighted by molar-refractivity contribution is 7.99. The molecule has 3 rings (SSSR count). The maximum Gasteiger partial charge on any atom is 0.328 e. The SMILES string of the molecule is CCOC(=O)C1CCCCN1C(=O)CSc1nc2ccc(OC)cc2[nH]1. The fraction of sp³-hybridized carbons (Fsp3) is 0.500. The van der Waals surface area contributed by atoms with Crippen LogP contribution >= 0.6 is 11.8 Å². The Labute approximate surface area is 156 Å². The maximum atomic E-state index is 12.6. The predicted molar refractivity (Wildman–Crippen MR) is 99.4 cm³/mol. The highest BCUT2D eigenvalue weighted by Gasteiger charge is 2.33. The van der Waals surface area contributed by atoms with Crippen LogP contribution in [0.15, 0.2) is 23.4 Å². The Bertz CT molecular complexity index is 792. The Morgan fingerprint density at radius 1 is 1.38 bits per heavy atom. The molecule has 0 spiro atoms. The molecular formula is C18H23N3O4S. The lowest BCUT2D eigenvalue weighted by Gasteiger charge is -2.33. The number of likely N-dealkylation sites (tertiary alicyclic amines) is 1. The summed E-state index contributed by atoms with van der Waals surface area (Å²) in [5, 5.41) is 0.672. The first-order chi connectivity index (χ1) is 12.6. The lowest BCUT2D eigenvalue weighted by molar-refractivity contribution is -0.155. The number of nitrogens with one attached hydrogen (secondary N) is 1. The van der Waals surface area contributed by atoms with Gasteiger partial charge in [0.2, 0.25) is 5.91 Å². The van der Waals surface area contributed by atoms with Crippen LogP contribution in [0, 0.1) is 0 Å². The van der Waals surface area contributed by atoms with Crippen LogP contribution in [0.25, 0.3) is 11.0 Å². The van der Waals surface area contributed by atoms with Gasteiger partial charge in [-0.3, -0.25) is 4.79 Å². The topological polar surface area (TPSA) is 84.5 Å². The van der Waals surface area contributed by atoms with Crippen LogP contribution in [-0.2, 0) is 14.3 Å². The molecule has 1 fully saturated rings. The van der Waals surface area contributed by atoms with Crippen molar-refractivity contribution in [3.8, 4) is 5.75 Å². The summed E-state index contributed by atoms with van der Waals surface area (Å²) in [5.41, 5.74) is 1.68. The molecule has 1 unspecified atom stereocenters. The third-order valence-electron chi connectivity index (χ3n) is 4.38. The maximum absolute atomic E-state index is 12.6. The molecule has 0 saturated carbocycles. The summed E-state index contributed by atoms with van der Waals surface area (Å²) in [5.74, 6) is 0.610. The molecule has 7 nitrogen and oxygen atoms in total. The molecule has 26 heavy (non-hydrogen) atoms. The van der Waals surface area contributed by atoms with Gasteiger partial charge in [-0.05, 0) is 38.3 Å². The molecule has 1 aliphatic rings. The quantitative estimate of drug-likeness (QED) is 0.615. The van der Waals surface area contributed by atoms with Crippen LogP contribution in [0.1, 0.15) is 26.2 Å². The number of thioether (sulfide) groups is 1. The van der Waals surface area contributed by atoms with E-state index in [2.05, 4.69) is 9.97 Å². The van der Waals surface area contributed by atoms with E-state index < -0.39 is 6.04 Å². The molecular weight excluding hydrogens is 354 g/mol. The van der Waals surface area contributed by atoms with Gasteiger partial charge in [-0.2, -0.15) is 0 Å². The Morgan fingerprint density at radius 2 is 2.23 bits per heavy atom. The van der Waals surface area contributed by atoms with E-state index in [9.17, 15) is 9.59 Å². The van der Waals surface area contributed by atoms with E-state index in [0.717, 1.165) is 29.6 Å². The van der Waals surface area contributed by atoms with E-state index in [1.807, 2.05) is 18.2 Å². The van der Waals surface area contributed by atoms with Gasteiger partial charge in [0, 0.05) is 12.6 Å². The number of ether oxygens (including phenoxy) is 2. The number of piperidine rings is 1. The monoisotopic (exact) mass is 377 g/mol. The number of H-pyrrole nitrogens is 1. The van der Waals surface area contributed by atoms with Crippen molar-refractivity contribution in [3.63, 3.8) is 0 Å². The number of carbonyl (C=O) groups excluding carboxylic acids is 2. The number of methoxy groups -OCH3 is 1. The van der Waals surface area contributed by atoms with E-state index in [4.69, 9.17) is 9.47 Å². The van der Waals surface area contributed by atoms with Crippen molar-refractivity contribution >= 4 is 34.7 Å². The van der Waals surface area contributed by atoms with Gasteiger partial charge in [-0.15, -0.1) is 0 Å². The zero-order valence-electron chi connectivity index (χ0n) is 15.0. The van der Waals surface area contributed by atoms with Gasteiger partial charge in [-0.1, -0.05) is 11.8 Å². The molecule has 1 atom stereocenters. The first kappa shape index (κ1) is 18.6. The summed E-state index contributed by atoms with van der Waals surface area (Å²) in [4.78, 5) is 34.1. The Balaban J connectivity index is 1.64. The van der Waals surface area contributed by atoms with Crippen molar-refractivity contribution in [1.29, 1.82) is 0 Å². The lowest BCUT2D eigenvalue weighted by atomic mass is 10.0. The number of esters is 1. The second-order valence-electron chi connectivity index (χ2n) is 6.06. The Hall–Kier alpha value is -2.22. The van der Waals surface area contributed by atoms with E-state index in [1.165, 1.54) is 11.8 Å². The highest BCUT2D eigenvalue weighted by atomic mass is 32.2. The van der Waals surface area contributed by atoms with Crippen LogP contribution in [0.2, 0.25) is 0 Å². The van der Waals surface area contributed by atoms with Gasteiger partial charge in [0.05, 0.1) is 30.5 Å². The zero-order chi connectivity index (χ0) is 18.5. The number of rotatable bonds is 6. The average molecular weight is 377 g/mol. The molecule has 8 heteroatoms. The molecule has 1 aliphatic heterocycles. The number of carbonyl (C=O) groups is 2. The summed E-state index contributed by atoms with van der Waals surface area (Å²) in [6, 6.07) is 5.13. The largest absolute Gasteiger partial charge is 0.497 e. The fourth-order valence-corrected chi connectivity index (χ4v) is 3.86. The molecule has 2 heterocycles. The molecule has 2 aromatic rings. The van der Waals surface area contributed by atoms with Crippen LogP contribution < -0.4 is 4.74 Å². The predicted octanol–water partition coefficient (Wildman–Crippen LogP) is 2.61. The smallest absolute Gasteiger partial charge is 0.328 e. The summed E-state index contributed by atoms with van der Waals surface area (Å²) in [7, 11) is 1.62. The molecule has 1 saturated heterocycles. The van der Waals surface area contributed by atoms with Gasteiger partial charge in [0.25, 0.3) is 0 Å². The molecule has 1 aromatic heterocycles. The first-order valence-electron chi connectivity index (χ1n) is 8.75. The van der Waals surface area contributed by atoms with E-state index in [-0.39, 0.29) is 17.6 Å². The van der Waals surface area contributed by atoms with E-state index >= 15 is 0 Å². The highest BCUT2D eigenvalue weighted by Crippen LogP contribution is 2.25. The lowest BCUT2D eigenvalue weighted by Crippen LogP contribution is -2.49. The summed E-state index contributed by atoms with van der Waals surface area (Å²) >= 11 is 1.34. The minimum absolute atomic E-state index is 0.0641. The number of aromatic nitrogens is 2. The van der Waals surface area contributed by atoms with Crippen molar-refractivity contribution < 1.29 is 19.1 Å². The summed E-state index contributed by atoms with van der Waals surface area (Å²) in [6.45, 7) is 2.70. The standard InChI is InChI=1S/C18H23N3O4S/c1-3-25-17(23)15-6-4-5-9-21(15)16(22)11-26-18-19-13-8-7-12(24-2)10-14(13)20-18/h7-8,10,15H,3-6,9,11H2,1-2H3,(H,19,20). The molecule has 0 aliphatic carbocycles. The Kier molecular flexibility index (Phi) is 6.03. The second-order valence-corrected chi connectivity index (χ2v) is 7.03. The summed E-state index contributed by atoms with van der Waals surface area (Å²) < 4.78 is 10.3. The number of nitrogens with zero attached hydrogens (tertiary/aromatic N) is 2. The van der Waals surface area contributed by atoms with E-state index in [1.54, 1.807) is 18.9 Å². The van der Waals surface area contributed by atoms with Crippen molar-refractivity contribution in [2.45, 2.75) is 37.4 Å². The van der Waals surface area contributed by atoms with Gasteiger partial charge < -0.3 is 19.4 Å². The van der Waals surface area contributed by atoms with Crippen LogP contribution in [0.3, 0.4) is 0 Å². The first-order valence-corrected chi connectivity index (χ1v) is 9.73. The number of imidazole rings is 1. The van der Waals surface area contributed by atoms with Crippen molar-refractivity contribution in [2.75, 3.05) is 26.0 Å². The third kappa shape index (κ3) is 4.12. The zero-order valence-corrected chi connectivity index (χ0v) is 15.8. The summed E-state index contributed by atoms with van der Waals surface area (Å²) in [6.07, 6.45) is 2.52. The fourth-order valence-electron chi connectivity index (χ4n) is 3.09. The van der Waals surface area contributed by atoms with Gasteiger partial charge in [-0.25, -0.2) is 9.78 Å². The third-order valence-corrected chi connectivity index (χ3v) is 5.24. The van der Waals surface area contributed by atoms with Crippen LogP contribution in [0.5, 0.6) is 5.75 Å². The van der Waals surface area contributed by atoms with Crippen LogP contribution in [0.4, 0.5) is 0 Å². The van der Waals surface area contributed by atoms with Crippen molar-refractivity contribution in [1.82, 2.24) is 14.9 Å². The number of fused-ring (bicyclic) bond motifs is 1. The molecule has 140 valence electrons. The minimum Gasteiger partial charge on any atom is -0.497 e. The van der Waals surface area contributed by atoms with Crippen molar-refractivity contribution in [2.24, 2.45) is 0 Å². The second kappa shape index (κ2) is 8.44. The van der Waals surface area contributed by atoms with Crippen LogP contribution in [-0.4, -0.2) is 58.8 Å². The molecule has 1 N–H and O–H groups in total. The average Bonchev–Trinajstić information content (AvgIpc) is 3.08.